The molecule has 3 unspecified atom stereocenters. The monoisotopic (exact) mass is 293 g/mol. The second-order valence-electron chi connectivity index (χ2n) is 6.63. The third-order valence-corrected chi connectivity index (χ3v) is 4.90. The fraction of sp³-hybridized carbons (Fsp3) is 0.706. The zero-order valence-electron chi connectivity index (χ0n) is 13.7. The van der Waals surface area contributed by atoms with Crippen LogP contribution in [0.15, 0.2) is 18.5 Å². The summed E-state index contributed by atoms with van der Waals surface area (Å²) in [7, 11) is 4.30. The van der Waals surface area contributed by atoms with Crippen LogP contribution in [0.25, 0.3) is 0 Å². The van der Waals surface area contributed by atoms with Gasteiger partial charge in [-0.2, -0.15) is 0 Å². The van der Waals surface area contributed by atoms with Gasteiger partial charge in [-0.3, -0.25) is 4.98 Å². The van der Waals surface area contributed by atoms with Gasteiger partial charge < -0.3 is 10.2 Å². The van der Waals surface area contributed by atoms with Crippen LogP contribution in [0.4, 0.5) is 4.39 Å². The van der Waals surface area contributed by atoms with Crippen molar-refractivity contribution in [3.05, 3.63) is 29.8 Å². The standard InChI is InChI=1S/C17H28FN3/c1-5-20-16(14-9-15(18)12-19-11-14)17(21(3)4)8-6-7-13(2)10-17/h9,11-13,16,20H,5-8,10H2,1-4H3. The molecule has 1 heterocycles. The van der Waals surface area contributed by atoms with Crippen LogP contribution in [0.1, 0.15) is 51.1 Å². The number of hydrogen-bond donors (Lipinski definition) is 1. The summed E-state index contributed by atoms with van der Waals surface area (Å²) in [4.78, 5) is 6.39. The van der Waals surface area contributed by atoms with Gasteiger partial charge in [0, 0.05) is 11.7 Å². The van der Waals surface area contributed by atoms with Crippen molar-refractivity contribution in [3.8, 4) is 0 Å². The predicted octanol–water partition coefficient (Wildman–Crippen LogP) is 3.38. The number of likely N-dealkylation sites (N-methyl/N-ethyl adjacent to an activating group) is 2. The SMILES string of the molecule is CCNC(c1cncc(F)c1)C1(N(C)C)CCCC(C)C1. The summed E-state index contributed by atoms with van der Waals surface area (Å²) in [6.45, 7) is 5.30. The molecule has 1 aliphatic rings. The van der Waals surface area contributed by atoms with E-state index in [4.69, 9.17) is 0 Å². The first-order valence-corrected chi connectivity index (χ1v) is 8.01. The molecule has 4 heteroatoms. The molecule has 1 aromatic rings. The Balaban J connectivity index is 2.41. The van der Waals surface area contributed by atoms with E-state index >= 15 is 0 Å². The van der Waals surface area contributed by atoms with Crippen LogP contribution < -0.4 is 5.32 Å². The van der Waals surface area contributed by atoms with Crippen molar-refractivity contribution in [2.24, 2.45) is 5.92 Å². The minimum Gasteiger partial charge on any atom is -0.309 e. The summed E-state index contributed by atoms with van der Waals surface area (Å²) >= 11 is 0. The predicted molar refractivity (Wildman–Crippen MR) is 84.7 cm³/mol. The number of aromatic nitrogens is 1. The summed E-state index contributed by atoms with van der Waals surface area (Å²) < 4.78 is 13.6. The van der Waals surface area contributed by atoms with E-state index in [-0.39, 0.29) is 17.4 Å². The zero-order chi connectivity index (χ0) is 15.5. The molecule has 0 aromatic carbocycles. The van der Waals surface area contributed by atoms with Gasteiger partial charge in [0.1, 0.15) is 5.82 Å². The largest absolute Gasteiger partial charge is 0.309 e. The lowest BCUT2D eigenvalue weighted by Gasteiger charge is -2.50. The molecule has 0 radical (unpaired) electrons. The maximum Gasteiger partial charge on any atom is 0.141 e. The van der Waals surface area contributed by atoms with Crippen molar-refractivity contribution < 1.29 is 4.39 Å². The molecule has 1 fully saturated rings. The van der Waals surface area contributed by atoms with Gasteiger partial charge >= 0.3 is 0 Å². The molecule has 1 saturated carbocycles. The van der Waals surface area contributed by atoms with E-state index in [2.05, 4.69) is 43.1 Å². The quantitative estimate of drug-likeness (QED) is 0.902. The number of hydrogen-bond acceptors (Lipinski definition) is 3. The maximum absolute atomic E-state index is 13.6. The Morgan fingerprint density at radius 1 is 1.48 bits per heavy atom. The van der Waals surface area contributed by atoms with Crippen molar-refractivity contribution in [3.63, 3.8) is 0 Å². The number of halogens is 1. The molecule has 0 saturated heterocycles. The second-order valence-corrected chi connectivity index (χ2v) is 6.63. The zero-order valence-corrected chi connectivity index (χ0v) is 13.7. The van der Waals surface area contributed by atoms with Gasteiger partial charge in [-0.1, -0.05) is 26.7 Å². The van der Waals surface area contributed by atoms with Crippen LogP contribution in [-0.4, -0.2) is 36.1 Å². The van der Waals surface area contributed by atoms with E-state index in [1.165, 1.54) is 19.0 Å². The lowest BCUT2D eigenvalue weighted by molar-refractivity contribution is 0.0370. The van der Waals surface area contributed by atoms with E-state index in [9.17, 15) is 4.39 Å². The molecule has 2 rings (SSSR count). The van der Waals surface area contributed by atoms with Gasteiger partial charge in [0.2, 0.25) is 0 Å². The molecule has 118 valence electrons. The summed E-state index contributed by atoms with van der Waals surface area (Å²) in [6, 6.07) is 1.74. The van der Waals surface area contributed by atoms with Gasteiger partial charge in [0.15, 0.2) is 0 Å². The molecule has 0 spiro atoms. The fourth-order valence-electron chi connectivity index (χ4n) is 3.90. The van der Waals surface area contributed by atoms with Crippen LogP contribution in [0, 0.1) is 11.7 Å². The Hall–Kier alpha value is -1.00. The highest BCUT2D eigenvalue weighted by Crippen LogP contribution is 2.44. The lowest BCUT2D eigenvalue weighted by atomic mass is 9.69. The maximum atomic E-state index is 13.6. The van der Waals surface area contributed by atoms with Crippen molar-refractivity contribution >= 4 is 0 Å². The molecule has 0 amide bonds. The average molecular weight is 293 g/mol. The Bertz CT molecular complexity index is 463. The van der Waals surface area contributed by atoms with Crippen molar-refractivity contribution in [2.45, 2.75) is 51.1 Å². The lowest BCUT2D eigenvalue weighted by Crippen LogP contribution is -2.56. The molecule has 1 N–H and O–H groups in total. The van der Waals surface area contributed by atoms with Crippen LogP contribution in [0.3, 0.4) is 0 Å². The summed E-state index contributed by atoms with van der Waals surface area (Å²) in [5.74, 6) is 0.442. The van der Waals surface area contributed by atoms with E-state index in [1.54, 1.807) is 12.3 Å². The van der Waals surface area contributed by atoms with Gasteiger partial charge in [-0.15, -0.1) is 0 Å². The molecule has 1 aliphatic carbocycles. The highest BCUT2D eigenvalue weighted by Gasteiger charge is 2.44. The average Bonchev–Trinajstić information content (AvgIpc) is 2.44. The third-order valence-electron chi connectivity index (χ3n) is 4.90. The second kappa shape index (κ2) is 6.84. The van der Waals surface area contributed by atoms with Gasteiger partial charge in [0.05, 0.1) is 12.2 Å². The van der Waals surface area contributed by atoms with E-state index in [0.29, 0.717) is 5.92 Å². The smallest absolute Gasteiger partial charge is 0.141 e. The fourth-order valence-corrected chi connectivity index (χ4v) is 3.90. The molecule has 1 aromatic heterocycles. The van der Waals surface area contributed by atoms with Gasteiger partial charge in [0.25, 0.3) is 0 Å². The first-order valence-electron chi connectivity index (χ1n) is 8.01. The molecule has 3 atom stereocenters. The Morgan fingerprint density at radius 3 is 2.81 bits per heavy atom. The van der Waals surface area contributed by atoms with Crippen molar-refractivity contribution in [1.29, 1.82) is 0 Å². The highest BCUT2D eigenvalue weighted by atomic mass is 19.1. The number of nitrogens with one attached hydrogen (secondary N) is 1. The van der Waals surface area contributed by atoms with E-state index in [1.807, 2.05) is 0 Å². The van der Waals surface area contributed by atoms with Crippen LogP contribution in [0.5, 0.6) is 0 Å². The minimum atomic E-state index is -0.256. The van der Waals surface area contributed by atoms with Crippen LogP contribution in [-0.2, 0) is 0 Å². The van der Waals surface area contributed by atoms with Crippen LogP contribution in [0.2, 0.25) is 0 Å². The topological polar surface area (TPSA) is 28.2 Å². The summed E-state index contributed by atoms with van der Waals surface area (Å²) in [6.07, 6.45) is 7.87. The molecule has 21 heavy (non-hydrogen) atoms. The van der Waals surface area contributed by atoms with Gasteiger partial charge in [-0.05, 0) is 51.0 Å². The molecular formula is C17H28FN3. The number of nitrogens with zero attached hydrogens (tertiary/aromatic N) is 2. The van der Waals surface area contributed by atoms with Gasteiger partial charge in [-0.25, -0.2) is 4.39 Å². The summed E-state index contributed by atoms with van der Waals surface area (Å²) in [5, 5.41) is 3.59. The number of rotatable bonds is 5. The Kier molecular flexibility index (Phi) is 5.33. The summed E-state index contributed by atoms with van der Waals surface area (Å²) in [5.41, 5.74) is 0.989. The van der Waals surface area contributed by atoms with Crippen LogP contribution >= 0.6 is 0 Å². The number of pyridine rings is 1. The molecule has 0 bridgehead atoms. The van der Waals surface area contributed by atoms with Crippen molar-refractivity contribution in [1.82, 2.24) is 15.2 Å². The first kappa shape index (κ1) is 16.4. The third kappa shape index (κ3) is 3.43. The normalized spacial score (nSPS) is 27.8. The van der Waals surface area contributed by atoms with E-state index < -0.39 is 0 Å². The highest BCUT2D eigenvalue weighted by molar-refractivity contribution is 5.21. The van der Waals surface area contributed by atoms with E-state index in [0.717, 1.165) is 24.9 Å². The Morgan fingerprint density at radius 2 is 2.24 bits per heavy atom. The Labute approximate surface area is 127 Å². The minimum absolute atomic E-state index is 0.0309. The van der Waals surface area contributed by atoms with Crippen molar-refractivity contribution in [2.75, 3.05) is 20.6 Å². The molecular weight excluding hydrogens is 265 g/mol. The first-order chi connectivity index (χ1) is 9.99. The molecule has 0 aliphatic heterocycles. The molecule has 3 nitrogen and oxygen atoms in total.